The Hall–Kier alpha value is -0.770. The number of hydrogen-bond acceptors (Lipinski definition) is 2. The Morgan fingerprint density at radius 1 is 1.40 bits per heavy atom. The Morgan fingerprint density at radius 2 is 2.00 bits per heavy atom. The third-order valence-corrected chi connectivity index (χ3v) is 2.86. The molecule has 1 rings (SSSR count). The van der Waals surface area contributed by atoms with Crippen molar-refractivity contribution in [2.24, 2.45) is 0 Å². The lowest BCUT2D eigenvalue weighted by Gasteiger charge is -2.17. The highest BCUT2D eigenvalue weighted by Gasteiger charge is 2.11. The van der Waals surface area contributed by atoms with Crippen molar-refractivity contribution in [3.8, 4) is 5.75 Å². The van der Waals surface area contributed by atoms with E-state index in [9.17, 15) is 4.39 Å². The van der Waals surface area contributed by atoms with Gasteiger partial charge < -0.3 is 10.5 Å². The molecule has 0 aliphatic rings. The van der Waals surface area contributed by atoms with E-state index >= 15 is 0 Å². The first-order valence-corrected chi connectivity index (χ1v) is 5.78. The Balaban J connectivity index is 2.89. The average Bonchev–Trinajstić information content (AvgIpc) is 2.21. The summed E-state index contributed by atoms with van der Waals surface area (Å²) in [6.07, 6.45) is 1.86. The van der Waals surface area contributed by atoms with E-state index in [4.69, 9.17) is 10.5 Å². The van der Waals surface area contributed by atoms with Crippen LogP contribution in [0.15, 0.2) is 16.6 Å². The van der Waals surface area contributed by atoms with Crippen molar-refractivity contribution in [1.82, 2.24) is 0 Å². The van der Waals surface area contributed by atoms with Crippen LogP contribution < -0.4 is 10.5 Å². The van der Waals surface area contributed by atoms with E-state index in [1.54, 1.807) is 0 Å². The van der Waals surface area contributed by atoms with Crippen molar-refractivity contribution in [3.63, 3.8) is 0 Å². The van der Waals surface area contributed by atoms with Crippen LogP contribution in [0, 0.1) is 5.82 Å². The van der Waals surface area contributed by atoms with Crippen LogP contribution in [0.3, 0.4) is 0 Å². The van der Waals surface area contributed by atoms with Crippen molar-refractivity contribution >= 4 is 21.6 Å². The number of halogens is 2. The first-order valence-electron chi connectivity index (χ1n) is 4.99. The normalized spacial score (nSPS) is 10.7. The van der Waals surface area contributed by atoms with Crippen molar-refractivity contribution in [2.75, 3.05) is 5.73 Å². The molecule has 0 aromatic heterocycles. The maximum Gasteiger partial charge on any atom is 0.145 e. The minimum atomic E-state index is -0.356. The molecule has 0 unspecified atom stereocenters. The molecule has 0 amide bonds. The molecule has 0 heterocycles. The van der Waals surface area contributed by atoms with Crippen molar-refractivity contribution in [1.29, 1.82) is 0 Å². The largest absolute Gasteiger partial charge is 0.488 e. The van der Waals surface area contributed by atoms with Gasteiger partial charge in [0.25, 0.3) is 0 Å². The smallest absolute Gasteiger partial charge is 0.145 e. The molecule has 2 N–H and O–H groups in total. The fourth-order valence-corrected chi connectivity index (χ4v) is 1.64. The van der Waals surface area contributed by atoms with Gasteiger partial charge in [0.05, 0.1) is 16.3 Å². The zero-order valence-electron chi connectivity index (χ0n) is 8.89. The third kappa shape index (κ3) is 3.09. The average molecular weight is 276 g/mol. The minimum Gasteiger partial charge on any atom is -0.488 e. The number of anilines is 1. The summed E-state index contributed by atoms with van der Waals surface area (Å²) in [5, 5.41) is 0. The van der Waals surface area contributed by atoms with E-state index in [1.807, 2.05) is 13.8 Å². The standard InChI is InChI=1S/C11H15BrFNO/c1-3-7(4-2)15-11-6-9(13)8(12)5-10(11)14/h5-7H,3-4,14H2,1-2H3. The quantitative estimate of drug-likeness (QED) is 0.850. The maximum atomic E-state index is 13.2. The van der Waals surface area contributed by atoms with Gasteiger partial charge in [-0.3, -0.25) is 0 Å². The summed E-state index contributed by atoms with van der Waals surface area (Å²) in [5.74, 6) is 0.0644. The molecule has 0 saturated heterocycles. The van der Waals surface area contributed by atoms with Gasteiger partial charge in [0.15, 0.2) is 0 Å². The van der Waals surface area contributed by atoms with Gasteiger partial charge in [-0.2, -0.15) is 0 Å². The van der Waals surface area contributed by atoms with Crippen LogP contribution in [0.4, 0.5) is 10.1 Å². The van der Waals surface area contributed by atoms with Gasteiger partial charge in [-0.05, 0) is 34.8 Å². The van der Waals surface area contributed by atoms with Crippen LogP contribution in [-0.2, 0) is 0 Å². The summed E-state index contributed by atoms with van der Waals surface area (Å²) < 4.78 is 19.2. The van der Waals surface area contributed by atoms with Crippen LogP contribution in [0.1, 0.15) is 26.7 Å². The zero-order chi connectivity index (χ0) is 11.4. The summed E-state index contributed by atoms with van der Waals surface area (Å²) in [7, 11) is 0. The lowest BCUT2D eigenvalue weighted by Crippen LogP contribution is -2.14. The molecule has 0 fully saturated rings. The second kappa shape index (κ2) is 5.35. The van der Waals surface area contributed by atoms with E-state index < -0.39 is 0 Å². The summed E-state index contributed by atoms with van der Waals surface area (Å²) in [5.41, 5.74) is 6.18. The summed E-state index contributed by atoms with van der Waals surface area (Å²) in [6.45, 7) is 4.05. The molecule has 0 saturated carbocycles. The highest BCUT2D eigenvalue weighted by Crippen LogP contribution is 2.29. The fraction of sp³-hybridized carbons (Fsp3) is 0.455. The molecule has 15 heavy (non-hydrogen) atoms. The molecule has 1 aromatic rings. The fourth-order valence-electron chi connectivity index (χ4n) is 1.28. The van der Waals surface area contributed by atoms with E-state index in [0.29, 0.717) is 15.9 Å². The zero-order valence-corrected chi connectivity index (χ0v) is 10.5. The van der Waals surface area contributed by atoms with Gasteiger partial charge in [0.1, 0.15) is 11.6 Å². The Bertz CT molecular complexity index is 340. The van der Waals surface area contributed by atoms with E-state index in [2.05, 4.69) is 15.9 Å². The molecular weight excluding hydrogens is 261 g/mol. The molecule has 4 heteroatoms. The van der Waals surface area contributed by atoms with Gasteiger partial charge in [-0.15, -0.1) is 0 Å². The lowest BCUT2D eigenvalue weighted by atomic mass is 10.2. The lowest BCUT2D eigenvalue weighted by molar-refractivity contribution is 0.193. The van der Waals surface area contributed by atoms with Crippen molar-refractivity contribution < 1.29 is 9.13 Å². The Labute approximate surface area is 97.7 Å². The van der Waals surface area contributed by atoms with E-state index in [1.165, 1.54) is 12.1 Å². The summed E-state index contributed by atoms with van der Waals surface area (Å²) >= 11 is 3.07. The molecule has 0 spiro atoms. The molecule has 0 aliphatic carbocycles. The minimum absolute atomic E-state index is 0.0906. The summed E-state index contributed by atoms with van der Waals surface area (Å²) in [6, 6.07) is 2.84. The summed E-state index contributed by atoms with van der Waals surface area (Å²) in [4.78, 5) is 0. The molecule has 0 aliphatic heterocycles. The van der Waals surface area contributed by atoms with Gasteiger partial charge in [-0.1, -0.05) is 13.8 Å². The Morgan fingerprint density at radius 3 is 2.53 bits per heavy atom. The molecule has 0 bridgehead atoms. The highest BCUT2D eigenvalue weighted by atomic mass is 79.9. The molecular formula is C11H15BrFNO. The second-order valence-corrected chi connectivity index (χ2v) is 4.21. The molecule has 84 valence electrons. The number of nitrogens with two attached hydrogens (primary N) is 1. The SMILES string of the molecule is CCC(CC)Oc1cc(F)c(Br)cc1N. The van der Waals surface area contributed by atoms with Crippen LogP contribution in [0.2, 0.25) is 0 Å². The maximum absolute atomic E-state index is 13.2. The van der Waals surface area contributed by atoms with Crippen LogP contribution in [0.5, 0.6) is 5.75 Å². The number of hydrogen-bond donors (Lipinski definition) is 1. The number of benzene rings is 1. The van der Waals surface area contributed by atoms with Gasteiger partial charge in [0.2, 0.25) is 0 Å². The van der Waals surface area contributed by atoms with E-state index in [-0.39, 0.29) is 11.9 Å². The van der Waals surface area contributed by atoms with Crippen LogP contribution in [-0.4, -0.2) is 6.10 Å². The van der Waals surface area contributed by atoms with Gasteiger partial charge in [-0.25, -0.2) is 4.39 Å². The van der Waals surface area contributed by atoms with Crippen molar-refractivity contribution in [2.45, 2.75) is 32.8 Å². The van der Waals surface area contributed by atoms with E-state index in [0.717, 1.165) is 12.8 Å². The van der Waals surface area contributed by atoms with Crippen LogP contribution in [0.25, 0.3) is 0 Å². The highest BCUT2D eigenvalue weighted by molar-refractivity contribution is 9.10. The number of nitrogen functional groups attached to an aromatic ring is 1. The second-order valence-electron chi connectivity index (χ2n) is 3.36. The molecule has 2 nitrogen and oxygen atoms in total. The number of ether oxygens (including phenoxy) is 1. The first kappa shape index (κ1) is 12.3. The van der Waals surface area contributed by atoms with Gasteiger partial charge >= 0.3 is 0 Å². The van der Waals surface area contributed by atoms with Crippen LogP contribution >= 0.6 is 15.9 Å². The number of rotatable bonds is 4. The predicted octanol–water partition coefficient (Wildman–Crippen LogP) is 3.74. The third-order valence-electron chi connectivity index (χ3n) is 2.26. The Kier molecular flexibility index (Phi) is 4.39. The molecule has 1 aromatic carbocycles. The topological polar surface area (TPSA) is 35.2 Å². The molecule has 0 atom stereocenters. The first-order chi connectivity index (χ1) is 7.08. The van der Waals surface area contributed by atoms with Crippen molar-refractivity contribution in [3.05, 3.63) is 22.4 Å². The predicted molar refractivity (Wildman–Crippen MR) is 63.5 cm³/mol. The monoisotopic (exact) mass is 275 g/mol. The molecule has 0 radical (unpaired) electrons. The van der Waals surface area contributed by atoms with Gasteiger partial charge in [0, 0.05) is 6.07 Å².